The number of carbonyl (C=O) groups excluding carboxylic acids is 1. The molecule has 0 aliphatic rings. The van der Waals surface area contributed by atoms with E-state index in [9.17, 15) is 9.18 Å². The van der Waals surface area contributed by atoms with E-state index in [-0.39, 0.29) is 17.5 Å². The summed E-state index contributed by atoms with van der Waals surface area (Å²) in [6.07, 6.45) is 0.111. The van der Waals surface area contributed by atoms with Crippen molar-refractivity contribution in [1.29, 1.82) is 0 Å². The lowest BCUT2D eigenvalue weighted by atomic mass is 10.0. The molecule has 1 rings (SSSR count). The summed E-state index contributed by atoms with van der Waals surface area (Å²) in [4.78, 5) is 12.0. The minimum absolute atomic E-state index is 0.224. The lowest BCUT2D eigenvalue weighted by molar-refractivity contribution is -0.129. The van der Waals surface area contributed by atoms with Gasteiger partial charge in [-0.25, -0.2) is 4.39 Å². The molecule has 0 spiro atoms. The molecule has 1 unspecified atom stereocenters. The van der Waals surface area contributed by atoms with E-state index in [2.05, 4.69) is 5.32 Å². The lowest BCUT2D eigenvalue weighted by Crippen LogP contribution is -2.48. The Morgan fingerprint density at radius 3 is 2.52 bits per heavy atom. The van der Waals surface area contributed by atoms with E-state index < -0.39 is 11.9 Å². The highest BCUT2D eigenvalue weighted by molar-refractivity contribution is 5.81. The third-order valence-electron chi connectivity index (χ3n) is 3.49. The minimum atomic E-state index is -0.698. The van der Waals surface area contributed by atoms with Crippen LogP contribution in [0, 0.1) is 5.82 Å². The van der Waals surface area contributed by atoms with Gasteiger partial charge in [-0.15, -0.1) is 0 Å². The first kappa shape index (κ1) is 17.4. The summed E-state index contributed by atoms with van der Waals surface area (Å²) in [6, 6.07) is 4.07. The topological polar surface area (TPSA) is 64.3 Å². The summed E-state index contributed by atoms with van der Waals surface area (Å²) in [5, 5.41) is 2.89. The number of nitrogens with two attached hydrogens (primary N) is 1. The average molecular weight is 296 g/mol. The molecule has 4 nitrogen and oxygen atoms in total. The predicted octanol–water partition coefficient (Wildman–Crippen LogP) is 2.92. The quantitative estimate of drug-likeness (QED) is 0.848. The van der Waals surface area contributed by atoms with E-state index >= 15 is 0 Å². The van der Waals surface area contributed by atoms with E-state index in [0.29, 0.717) is 11.3 Å². The Morgan fingerprint density at radius 2 is 2.05 bits per heavy atom. The zero-order valence-electron chi connectivity index (χ0n) is 13.4. The van der Waals surface area contributed by atoms with Crippen LogP contribution in [0.1, 0.15) is 52.6 Å². The van der Waals surface area contributed by atoms with Crippen molar-refractivity contribution in [1.82, 2.24) is 5.32 Å². The van der Waals surface area contributed by atoms with Crippen molar-refractivity contribution in [2.24, 2.45) is 5.73 Å². The average Bonchev–Trinajstić information content (AvgIpc) is 2.37. The van der Waals surface area contributed by atoms with E-state index in [1.165, 1.54) is 6.07 Å². The fourth-order valence-electron chi connectivity index (χ4n) is 1.73. The summed E-state index contributed by atoms with van der Waals surface area (Å²) >= 11 is 0. The highest BCUT2D eigenvalue weighted by atomic mass is 19.1. The van der Waals surface area contributed by atoms with Gasteiger partial charge in [-0.3, -0.25) is 4.79 Å². The summed E-state index contributed by atoms with van der Waals surface area (Å²) in [7, 11) is 0. The molecule has 0 saturated heterocycles. The largest absolute Gasteiger partial charge is 0.481 e. The summed E-state index contributed by atoms with van der Waals surface area (Å²) in [5.41, 5.74) is 5.78. The molecule has 0 aliphatic carbocycles. The van der Waals surface area contributed by atoms with Crippen LogP contribution in [0.4, 0.5) is 4.39 Å². The SMILES string of the molecule is CCC(C)(C)NC(=O)C(C)Oc1ccc([C@@H](C)N)c(F)c1. The maximum Gasteiger partial charge on any atom is 0.261 e. The van der Waals surface area contributed by atoms with Gasteiger partial charge in [0.25, 0.3) is 5.91 Å². The van der Waals surface area contributed by atoms with E-state index in [0.717, 1.165) is 6.42 Å². The number of carbonyl (C=O) groups is 1. The molecule has 2 atom stereocenters. The number of hydrogen-bond donors (Lipinski definition) is 2. The van der Waals surface area contributed by atoms with Crippen LogP contribution >= 0.6 is 0 Å². The number of nitrogens with one attached hydrogen (secondary N) is 1. The van der Waals surface area contributed by atoms with Crippen molar-refractivity contribution in [3.05, 3.63) is 29.6 Å². The highest BCUT2D eigenvalue weighted by Crippen LogP contribution is 2.21. The molecule has 0 fully saturated rings. The van der Waals surface area contributed by atoms with Crippen molar-refractivity contribution in [3.8, 4) is 5.75 Å². The van der Waals surface area contributed by atoms with Gasteiger partial charge in [0.15, 0.2) is 6.10 Å². The van der Waals surface area contributed by atoms with Crippen LogP contribution in [0.5, 0.6) is 5.75 Å². The Labute approximate surface area is 125 Å². The van der Waals surface area contributed by atoms with Crippen LogP contribution in [0.15, 0.2) is 18.2 Å². The minimum Gasteiger partial charge on any atom is -0.481 e. The van der Waals surface area contributed by atoms with Gasteiger partial charge in [-0.2, -0.15) is 0 Å². The van der Waals surface area contributed by atoms with Gasteiger partial charge < -0.3 is 15.8 Å². The third-order valence-corrected chi connectivity index (χ3v) is 3.49. The monoisotopic (exact) mass is 296 g/mol. The molecule has 118 valence electrons. The van der Waals surface area contributed by atoms with Crippen LogP contribution in [-0.4, -0.2) is 17.6 Å². The first-order valence-electron chi connectivity index (χ1n) is 7.20. The molecule has 0 bridgehead atoms. The van der Waals surface area contributed by atoms with Crippen molar-refractivity contribution in [3.63, 3.8) is 0 Å². The summed E-state index contributed by atoms with van der Waals surface area (Å²) < 4.78 is 19.3. The van der Waals surface area contributed by atoms with Crippen LogP contribution in [0.2, 0.25) is 0 Å². The van der Waals surface area contributed by atoms with Crippen LogP contribution in [0.3, 0.4) is 0 Å². The van der Waals surface area contributed by atoms with E-state index in [1.807, 2.05) is 20.8 Å². The number of ether oxygens (including phenoxy) is 1. The number of rotatable bonds is 6. The fraction of sp³-hybridized carbons (Fsp3) is 0.562. The number of amides is 1. The van der Waals surface area contributed by atoms with Crippen molar-refractivity contribution in [2.75, 3.05) is 0 Å². The Morgan fingerprint density at radius 1 is 1.43 bits per heavy atom. The molecule has 1 aromatic rings. The molecule has 5 heteroatoms. The molecule has 0 aromatic heterocycles. The zero-order chi connectivity index (χ0) is 16.2. The Balaban J connectivity index is 2.73. The third kappa shape index (κ3) is 5.01. The lowest BCUT2D eigenvalue weighted by Gasteiger charge is -2.26. The molecule has 3 N–H and O–H groups in total. The van der Waals surface area contributed by atoms with Gasteiger partial charge in [0, 0.05) is 23.2 Å². The van der Waals surface area contributed by atoms with E-state index in [1.54, 1.807) is 26.0 Å². The van der Waals surface area contributed by atoms with Gasteiger partial charge in [0.1, 0.15) is 11.6 Å². The number of halogens is 1. The molecule has 1 aromatic carbocycles. The second-order valence-corrected chi connectivity index (χ2v) is 5.96. The van der Waals surface area contributed by atoms with Gasteiger partial charge >= 0.3 is 0 Å². The van der Waals surface area contributed by atoms with Crippen LogP contribution < -0.4 is 15.8 Å². The normalized spacial score (nSPS) is 14.4. The molecule has 0 heterocycles. The molecular weight excluding hydrogens is 271 g/mol. The van der Waals surface area contributed by atoms with Crippen LogP contribution in [0.25, 0.3) is 0 Å². The Bertz CT molecular complexity index is 501. The Kier molecular flexibility index (Phi) is 5.72. The Hall–Kier alpha value is -1.62. The molecule has 0 radical (unpaired) electrons. The van der Waals surface area contributed by atoms with Gasteiger partial charge in [-0.05, 0) is 40.2 Å². The first-order chi connectivity index (χ1) is 9.66. The molecule has 0 saturated carbocycles. The van der Waals surface area contributed by atoms with E-state index in [4.69, 9.17) is 10.5 Å². The first-order valence-corrected chi connectivity index (χ1v) is 7.20. The molecular formula is C16H25FN2O2. The second kappa shape index (κ2) is 6.89. The summed E-state index contributed by atoms with van der Waals surface area (Å²) in [6.45, 7) is 9.22. The van der Waals surface area contributed by atoms with Crippen molar-refractivity contribution in [2.45, 2.75) is 58.7 Å². The number of hydrogen-bond acceptors (Lipinski definition) is 3. The van der Waals surface area contributed by atoms with Gasteiger partial charge in [-0.1, -0.05) is 13.0 Å². The summed E-state index contributed by atoms with van der Waals surface area (Å²) in [5.74, 6) is -0.337. The molecule has 0 aliphatic heterocycles. The number of benzene rings is 1. The van der Waals surface area contributed by atoms with Crippen LogP contribution in [-0.2, 0) is 4.79 Å². The predicted molar refractivity (Wildman–Crippen MR) is 81.6 cm³/mol. The highest BCUT2D eigenvalue weighted by Gasteiger charge is 2.23. The van der Waals surface area contributed by atoms with Crippen molar-refractivity contribution < 1.29 is 13.9 Å². The molecule has 1 amide bonds. The smallest absolute Gasteiger partial charge is 0.261 e. The van der Waals surface area contributed by atoms with Gasteiger partial charge in [0.05, 0.1) is 0 Å². The maximum atomic E-state index is 13.8. The second-order valence-electron chi connectivity index (χ2n) is 5.96. The molecule has 21 heavy (non-hydrogen) atoms. The standard InChI is InChI=1S/C16H25FN2O2/c1-6-16(4,5)19-15(20)11(3)21-12-7-8-13(10(2)18)14(17)9-12/h7-11H,6,18H2,1-5H3,(H,19,20)/t10-,11?/m1/s1. The zero-order valence-corrected chi connectivity index (χ0v) is 13.4. The van der Waals surface area contributed by atoms with Gasteiger partial charge in [0.2, 0.25) is 0 Å². The van der Waals surface area contributed by atoms with Crippen molar-refractivity contribution >= 4 is 5.91 Å². The fourth-order valence-corrected chi connectivity index (χ4v) is 1.73. The maximum absolute atomic E-state index is 13.8.